The van der Waals surface area contributed by atoms with Crippen LogP contribution in [0.1, 0.15) is 46.0 Å². The standard InChI is InChI=1S/C19H26O3/c1-17(2,22-15(21)8-20)18-6-12-10-3-9-4-11-14(7-18)19(18,16(10)11)13(12)5-9/h9-14,16,20H,3-8H2,1-2H3. The van der Waals surface area contributed by atoms with Crippen LogP contribution in [0.2, 0.25) is 0 Å². The predicted molar refractivity (Wildman–Crippen MR) is 79.6 cm³/mol. The first-order valence-electron chi connectivity index (χ1n) is 9.29. The third kappa shape index (κ3) is 0.926. The second kappa shape index (κ2) is 3.29. The average molecular weight is 302 g/mol. The number of rotatable bonds is 3. The molecule has 6 fully saturated rings. The van der Waals surface area contributed by atoms with Crippen molar-refractivity contribution >= 4 is 5.97 Å². The van der Waals surface area contributed by atoms with Crippen molar-refractivity contribution < 1.29 is 14.6 Å². The summed E-state index contributed by atoms with van der Waals surface area (Å²) in [5, 5.41) is 9.12. The summed E-state index contributed by atoms with van der Waals surface area (Å²) in [6, 6.07) is 0. The third-order valence-electron chi connectivity index (χ3n) is 9.72. The van der Waals surface area contributed by atoms with E-state index in [1.165, 1.54) is 32.1 Å². The van der Waals surface area contributed by atoms with Crippen molar-refractivity contribution in [2.45, 2.75) is 51.6 Å². The van der Waals surface area contributed by atoms with E-state index in [1.54, 1.807) is 0 Å². The maximum atomic E-state index is 11.8. The second-order valence-corrected chi connectivity index (χ2v) is 9.87. The summed E-state index contributed by atoms with van der Waals surface area (Å²) in [6.45, 7) is 3.78. The van der Waals surface area contributed by atoms with Crippen LogP contribution in [0.15, 0.2) is 0 Å². The SMILES string of the molecule is CC(C)(OC(=O)CO)C12CC3C4CC5CC6C(C1)C2(C3C5)C46. The van der Waals surface area contributed by atoms with Gasteiger partial charge in [-0.15, -0.1) is 0 Å². The Labute approximate surface area is 131 Å². The number of hydrogen-bond acceptors (Lipinski definition) is 3. The molecule has 0 aliphatic heterocycles. The van der Waals surface area contributed by atoms with Crippen molar-refractivity contribution in [3.8, 4) is 0 Å². The second-order valence-electron chi connectivity index (χ2n) is 9.87. The van der Waals surface area contributed by atoms with Gasteiger partial charge in [-0.2, -0.15) is 0 Å². The minimum Gasteiger partial charge on any atom is -0.457 e. The fraction of sp³-hybridized carbons (Fsp3) is 0.947. The van der Waals surface area contributed by atoms with Gasteiger partial charge < -0.3 is 9.84 Å². The van der Waals surface area contributed by atoms with Crippen LogP contribution in [-0.4, -0.2) is 23.3 Å². The largest absolute Gasteiger partial charge is 0.457 e. The van der Waals surface area contributed by atoms with Crippen LogP contribution in [0, 0.1) is 52.3 Å². The fourth-order valence-corrected chi connectivity index (χ4v) is 9.77. The lowest BCUT2D eigenvalue weighted by Crippen LogP contribution is -2.79. The lowest BCUT2D eigenvalue weighted by Gasteiger charge is -2.81. The molecule has 0 heterocycles. The van der Waals surface area contributed by atoms with Gasteiger partial charge >= 0.3 is 5.97 Å². The molecule has 9 unspecified atom stereocenters. The van der Waals surface area contributed by atoms with E-state index in [4.69, 9.17) is 9.84 Å². The van der Waals surface area contributed by atoms with Crippen molar-refractivity contribution in [3.63, 3.8) is 0 Å². The molecule has 3 heteroatoms. The quantitative estimate of drug-likeness (QED) is 0.815. The number of ether oxygens (including phenoxy) is 1. The monoisotopic (exact) mass is 302 g/mol. The van der Waals surface area contributed by atoms with Crippen LogP contribution >= 0.6 is 0 Å². The summed E-state index contributed by atoms with van der Waals surface area (Å²) in [5.41, 5.74) is 0.341. The summed E-state index contributed by atoms with van der Waals surface area (Å²) < 4.78 is 5.82. The first-order chi connectivity index (χ1) is 10.5. The van der Waals surface area contributed by atoms with Gasteiger partial charge in [0, 0.05) is 5.41 Å². The summed E-state index contributed by atoms with van der Waals surface area (Å²) in [4.78, 5) is 11.8. The molecule has 0 aromatic heterocycles. The highest BCUT2D eigenvalue weighted by atomic mass is 16.6. The van der Waals surface area contributed by atoms with E-state index < -0.39 is 18.2 Å². The molecule has 1 N–H and O–H groups in total. The van der Waals surface area contributed by atoms with Gasteiger partial charge in [0.15, 0.2) is 0 Å². The molecule has 5 bridgehead atoms. The Balaban J connectivity index is 1.46. The van der Waals surface area contributed by atoms with Crippen LogP contribution in [0.25, 0.3) is 0 Å². The molecule has 6 aliphatic rings. The number of esters is 1. The Kier molecular flexibility index (Phi) is 1.91. The summed E-state index contributed by atoms with van der Waals surface area (Å²) in [6.07, 6.45) is 7.05. The molecular weight excluding hydrogens is 276 g/mol. The van der Waals surface area contributed by atoms with Gasteiger partial charge in [0.2, 0.25) is 0 Å². The van der Waals surface area contributed by atoms with Crippen LogP contribution in [0.4, 0.5) is 0 Å². The first-order valence-corrected chi connectivity index (χ1v) is 9.29. The highest BCUT2D eigenvalue weighted by Gasteiger charge is 2.93. The van der Waals surface area contributed by atoms with Crippen molar-refractivity contribution in [1.29, 1.82) is 0 Å². The molecule has 6 rings (SSSR count). The molecule has 22 heavy (non-hydrogen) atoms. The van der Waals surface area contributed by atoms with E-state index >= 15 is 0 Å². The van der Waals surface area contributed by atoms with E-state index in [9.17, 15) is 4.79 Å². The lowest BCUT2D eigenvalue weighted by atomic mass is 9.24. The molecule has 0 aromatic carbocycles. The van der Waals surface area contributed by atoms with Crippen molar-refractivity contribution in [3.05, 3.63) is 0 Å². The molecule has 0 radical (unpaired) electrons. The topological polar surface area (TPSA) is 46.5 Å². The molecule has 1 spiro atoms. The number of aliphatic hydroxyl groups excluding tert-OH is 1. The Morgan fingerprint density at radius 2 is 1.91 bits per heavy atom. The molecule has 0 aromatic rings. The molecule has 0 saturated heterocycles. The van der Waals surface area contributed by atoms with Gasteiger partial charge in [-0.25, -0.2) is 4.79 Å². The number of carbonyl (C=O) groups excluding carboxylic acids is 1. The Hall–Kier alpha value is -0.570. The smallest absolute Gasteiger partial charge is 0.332 e. The van der Waals surface area contributed by atoms with E-state index in [2.05, 4.69) is 13.8 Å². The Morgan fingerprint density at radius 3 is 2.68 bits per heavy atom. The maximum absolute atomic E-state index is 11.8. The number of carbonyl (C=O) groups is 1. The molecule has 0 amide bonds. The van der Waals surface area contributed by atoms with Crippen molar-refractivity contribution in [1.82, 2.24) is 0 Å². The van der Waals surface area contributed by atoms with Gasteiger partial charge in [-0.1, -0.05) is 0 Å². The Morgan fingerprint density at radius 1 is 1.14 bits per heavy atom. The number of hydrogen-bond donors (Lipinski definition) is 1. The van der Waals surface area contributed by atoms with Crippen LogP contribution < -0.4 is 0 Å². The zero-order valence-corrected chi connectivity index (χ0v) is 13.5. The summed E-state index contributed by atoms with van der Waals surface area (Å²) >= 11 is 0. The highest BCUT2D eigenvalue weighted by Crippen LogP contribution is 2.97. The minimum atomic E-state index is -0.487. The first kappa shape index (κ1) is 12.8. The summed E-state index contributed by atoms with van der Waals surface area (Å²) in [5.74, 6) is 6.35. The minimum absolute atomic E-state index is 0.224. The third-order valence-corrected chi connectivity index (χ3v) is 9.72. The van der Waals surface area contributed by atoms with Crippen molar-refractivity contribution in [2.24, 2.45) is 52.3 Å². The number of aliphatic hydroxyl groups is 1. The average Bonchev–Trinajstić information content (AvgIpc) is 2.69. The van der Waals surface area contributed by atoms with Gasteiger partial charge in [0.1, 0.15) is 12.2 Å². The maximum Gasteiger partial charge on any atom is 0.332 e. The van der Waals surface area contributed by atoms with Gasteiger partial charge in [-0.3, -0.25) is 0 Å². The van der Waals surface area contributed by atoms with E-state index in [0.717, 1.165) is 41.4 Å². The van der Waals surface area contributed by atoms with Gasteiger partial charge in [0.05, 0.1) is 0 Å². The van der Waals surface area contributed by atoms with Crippen LogP contribution in [0.3, 0.4) is 0 Å². The molecule has 3 nitrogen and oxygen atoms in total. The van der Waals surface area contributed by atoms with Gasteiger partial charge in [-0.05, 0) is 92.8 Å². The zero-order valence-electron chi connectivity index (χ0n) is 13.5. The van der Waals surface area contributed by atoms with E-state index in [1.807, 2.05) is 0 Å². The molecule has 9 atom stereocenters. The molecular formula is C19H26O3. The predicted octanol–water partition coefficient (Wildman–Crippen LogP) is 2.62. The van der Waals surface area contributed by atoms with Gasteiger partial charge in [0.25, 0.3) is 0 Å². The van der Waals surface area contributed by atoms with Crippen LogP contribution in [-0.2, 0) is 9.53 Å². The van der Waals surface area contributed by atoms with Crippen molar-refractivity contribution in [2.75, 3.05) is 6.61 Å². The normalized spacial score (nSPS) is 61.7. The van der Waals surface area contributed by atoms with E-state index in [0.29, 0.717) is 5.41 Å². The Bertz CT molecular complexity index is 591. The number of fused-ring (bicyclic) bond motifs is 2. The highest BCUT2D eigenvalue weighted by molar-refractivity contribution is 5.71. The lowest BCUT2D eigenvalue weighted by molar-refractivity contribution is -0.357. The molecule has 6 saturated carbocycles. The van der Waals surface area contributed by atoms with Crippen LogP contribution in [0.5, 0.6) is 0 Å². The van der Waals surface area contributed by atoms with E-state index in [-0.39, 0.29) is 5.41 Å². The summed E-state index contributed by atoms with van der Waals surface area (Å²) in [7, 11) is 0. The molecule has 120 valence electrons. The fourth-order valence-electron chi connectivity index (χ4n) is 9.77. The molecule has 6 aliphatic carbocycles. The zero-order chi connectivity index (χ0) is 15.1.